The fraction of sp³-hybridized carbons (Fsp3) is 0.0500. The van der Waals surface area contributed by atoms with Crippen molar-refractivity contribution in [2.75, 3.05) is 4.72 Å². The summed E-state index contributed by atoms with van der Waals surface area (Å²) in [5.41, 5.74) is 3.16. The third-order valence-electron chi connectivity index (χ3n) is 3.91. The zero-order valence-corrected chi connectivity index (χ0v) is 14.8. The fourth-order valence-electron chi connectivity index (χ4n) is 2.49. The number of aromatic carboxylic acids is 1. The Labute approximate surface area is 152 Å². The molecule has 6 heteroatoms. The number of nitrogens with one attached hydrogen (secondary N) is 1. The van der Waals surface area contributed by atoms with Crippen LogP contribution in [0.25, 0.3) is 11.1 Å². The number of benzene rings is 3. The molecule has 3 rings (SSSR count). The Morgan fingerprint density at radius 3 is 2.15 bits per heavy atom. The Bertz CT molecular complexity index is 1040. The monoisotopic (exact) mass is 367 g/mol. The summed E-state index contributed by atoms with van der Waals surface area (Å²) in [5, 5.41) is 9.08. The van der Waals surface area contributed by atoms with E-state index in [0.29, 0.717) is 5.69 Å². The minimum Gasteiger partial charge on any atom is -0.478 e. The SMILES string of the molecule is Cc1ccc(S(=O)(=O)Nc2ccc(-c3cccc(C(=O)O)c3)cc2)cc1. The average molecular weight is 367 g/mol. The quantitative estimate of drug-likeness (QED) is 0.709. The molecule has 0 fully saturated rings. The predicted octanol–water partition coefficient (Wildman–Crippen LogP) is 4.16. The van der Waals surface area contributed by atoms with Crippen LogP contribution in [0.3, 0.4) is 0 Å². The molecule has 0 aliphatic heterocycles. The largest absolute Gasteiger partial charge is 0.478 e. The number of carbonyl (C=O) groups is 1. The second kappa shape index (κ2) is 7.01. The maximum Gasteiger partial charge on any atom is 0.335 e. The Morgan fingerprint density at radius 2 is 1.54 bits per heavy atom. The normalized spacial score (nSPS) is 11.1. The highest BCUT2D eigenvalue weighted by Gasteiger charge is 2.14. The maximum atomic E-state index is 12.4. The molecule has 0 atom stereocenters. The number of hydrogen-bond acceptors (Lipinski definition) is 3. The zero-order valence-electron chi connectivity index (χ0n) is 14.0. The van der Waals surface area contributed by atoms with E-state index in [9.17, 15) is 13.2 Å². The second-order valence-corrected chi connectivity index (χ2v) is 7.56. The fourth-order valence-corrected chi connectivity index (χ4v) is 3.55. The molecule has 0 saturated heterocycles. The average Bonchev–Trinajstić information content (AvgIpc) is 2.62. The minimum absolute atomic E-state index is 0.196. The predicted molar refractivity (Wildman–Crippen MR) is 101 cm³/mol. The van der Waals surface area contributed by atoms with E-state index in [1.165, 1.54) is 6.07 Å². The second-order valence-electron chi connectivity index (χ2n) is 5.88. The number of rotatable bonds is 5. The van der Waals surface area contributed by atoms with Crippen molar-refractivity contribution in [3.8, 4) is 11.1 Å². The van der Waals surface area contributed by atoms with Crippen molar-refractivity contribution in [3.63, 3.8) is 0 Å². The first-order chi connectivity index (χ1) is 12.3. The van der Waals surface area contributed by atoms with Gasteiger partial charge in [-0.1, -0.05) is 42.0 Å². The van der Waals surface area contributed by atoms with Crippen LogP contribution in [-0.4, -0.2) is 19.5 Å². The molecule has 0 amide bonds. The van der Waals surface area contributed by atoms with Crippen LogP contribution < -0.4 is 4.72 Å². The molecule has 3 aromatic rings. The molecule has 2 N–H and O–H groups in total. The summed E-state index contributed by atoms with van der Waals surface area (Å²) in [6.45, 7) is 1.89. The van der Waals surface area contributed by atoms with Crippen molar-refractivity contribution in [1.82, 2.24) is 0 Å². The van der Waals surface area contributed by atoms with Gasteiger partial charge >= 0.3 is 5.97 Å². The van der Waals surface area contributed by atoms with Crippen LogP contribution in [0.4, 0.5) is 5.69 Å². The smallest absolute Gasteiger partial charge is 0.335 e. The number of hydrogen-bond donors (Lipinski definition) is 2. The minimum atomic E-state index is -3.65. The van der Waals surface area contributed by atoms with Crippen molar-refractivity contribution in [3.05, 3.63) is 83.9 Å². The zero-order chi connectivity index (χ0) is 18.7. The highest BCUT2D eigenvalue weighted by molar-refractivity contribution is 7.92. The molecule has 5 nitrogen and oxygen atoms in total. The van der Waals surface area contributed by atoms with Gasteiger partial charge in [0, 0.05) is 5.69 Å². The Hall–Kier alpha value is -3.12. The van der Waals surface area contributed by atoms with Crippen molar-refractivity contribution in [2.45, 2.75) is 11.8 Å². The van der Waals surface area contributed by atoms with Crippen LogP contribution >= 0.6 is 0 Å². The van der Waals surface area contributed by atoms with Gasteiger partial charge in [0.25, 0.3) is 10.0 Å². The number of carboxylic acids is 1. The van der Waals surface area contributed by atoms with Gasteiger partial charge in [0.05, 0.1) is 10.5 Å². The van der Waals surface area contributed by atoms with Crippen LogP contribution in [0.5, 0.6) is 0 Å². The summed E-state index contributed by atoms with van der Waals surface area (Å²) in [6, 6.07) is 20.0. The molecule has 0 aromatic heterocycles. The third-order valence-corrected chi connectivity index (χ3v) is 5.31. The summed E-state index contributed by atoms with van der Waals surface area (Å²) in [6.07, 6.45) is 0. The summed E-state index contributed by atoms with van der Waals surface area (Å²) in [5.74, 6) is -0.991. The number of carboxylic acid groups (broad SMARTS) is 1. The van der Waals surface area contributed by atoms with Crippen LogP contribution in [0.2, 0.25) is 0 Å². The molecule has 0 spiro atoms. The van der Waals surface area contributed by atoms with Gasteiger partial charge in [0.2, 0.25) is 0 Å². The first-order valence-corrected chi connectivity index (χ1v) is 9.37. The van der Waals surface area contributed by atoms with Crippen LogP contribution in [0.1, 0.15) is 15.9 Å². The number of sulfonamides is 1. The van der Waals surface area contributed by atoms with E-state index < -0.39 is 16.0 Å². The molecule has 132 valence electrons. The van der Waals surface area contributed by atoms with Gasteiger partial charge in [-0.15, -0.1) is 0 Å². The molecular weight excluding hydrogens is 350 g/mol. The Kier molecular flexibility index (Phi) is 4.77. The molecule has 0 radical (unpaired) electrons. The van der Waals surface area contributed by atoms with E-state index in [2.05, 4.69) is 4.72 Å². The number of aryl methyl sites for hydroxylation is 1. The molecule has 0 unspecified atom stereocenters. The van der Waals surface area contributed by atoms with Gasteiger partial charge in [-0.3, -0.25) is 4.72 Å². The van der Waals surface area contributed by atoms with E-state index in [1.54, 1.807) is 66.7 Å². The van der Waals surface area contributed by atoms with Crippen molar-refractivity contribution >= 4 is 21.7 Å². The molecule has 26 heavy (non-hydrogen) atoms. The summed E-state index contributed by atoms with van der Waals surface area (Å²) in [4.78, 5) is 11.3. The lowest BCUT2D eigenvalue weighted by Gasteiger charge is -2.09. The van der Waals surface area contributed by atoms with E-state index >= 15 is 0 Å². The van der Waals surface area contributed by atoms with Gasteiger partial charge in [-0.05, 0) is 54.4 Å². The summed E-state index contributed by atoms with van der Waals surface area (Å²) >= 11 is 0. The van der Waals surface area contributed by atoms with Crippen molar-refractivity contribution < 1.29 is 18.3 Å². The highest BCUT2D eigenvalue weighted by atomic mass is 32.2. The van der Waals surface area contributed by atoms with E-state index in [4.69, 9.17) is 5.11 Å². The lowest BCUT2D eigenvalue weighted by atomic mass is 10.0. The van der Waals surface area contributed by atoms with Gasteiger partial charge in [-0.25, -0.2) is 13.2 Å². The Balaban J connectivity index is 1.83. The summed E-state index contributed by atoms with van der Waals surface area (Å²) < 4.78 is 27.4. The van der Waals surface area contributed by atoms with Gasteiger partial charge in [0.15, 0.2) is 0 Å². The van der Waals surface area contributed by atoms with E-state index in [1.807, 2.05) is 6.92 Å². The molecule has 0 saturated carbocycles. The first-order valence-electron chi connectivity index (χ1n) is 7.88. The molecular formula is C20H17NO4S. The lowest BCUT2D eigenvalue weighted by molar-refractivity contribution is 0.0697. The van der Waals surface area contributed by atoms with Gasteiger partial charge in [0.1, 0.15) is 0 Å². The maximum absolute atomic E-state index is 12.4. The third kappa shape index (κ3) is 3.92. The summed E-state index contributed by atoms with van der Waals surface area (Å²) in [7, 11) is -3.65. The standard InChI is InChI=1S/C20H17NO4S/c1-14-5-11-19(12-6-14)26(24,25)21-18-9-7-15(8-10-18)16-3-2-4-17(13-16)20(22)23/h2-13,21H,1H3,(H,22,23). The van der Waals surface area contributed by atoms with Crippen LogP contribution in [-0.2, 0) is 10.0 Å². The lowest BCUT2D eigenvalue weighted by Crippen LogP contribution is -2.12. The van der Waals surface area contributed by atoms with Crippen molar-refractivity contribution in [1.29, 1.82) is 0 Å². The van der Waals surface area contributed by atoms with Crippen LogP contribution in [0, 0.1) is 6.92 Å². The topological polar surface area (TPSA) is 83.5 Å². The molecule has 0 aliphatic rings. The first kappa shape index (κ1) is 17.7. The molecule has 0 heterocycles. The van der Waals surface area contributed by atoms with E-state index in [-0.39, 0.29) is 10.5 Å². The molecule has 0 aliphatic carbocycles. The van der Waals surface area contributed by atoms with Crippen molar-refractivity contribution in [2.24, 2.45) is 0 Å². The van der Waals surface area contributed by atoms with Gasteiger partial charge < -0.3 is 5.11 Å². The Morgan fingerprint density at radius 1 is 0.885 bits per heavy atom. The molecule has 3 aromatic carbocycles. The van der Waals surface area contributed by atoms with Gasteiger partial charge in [-0.2, -0.15) is 0 Å². The molecule has 0 bridgehead atoms. The highest BCUT2D eigenvalue weighted by Crippen LogP contribution is 2.24. The number of anilines is 1. The van der Waals surface area contributed by atoms with E-state index in [0.717, 1.165) is 16.7 Å². The van der Waals surface area contributed by atoms with Crippen LogP contribution in [0.15, 0.2) is 77.7 Å².